The van der Waals surface area contributed by atoms with Gasteiger partial charge in [0.25, 0.3) is 0 Å². The maximum absolute atomic E-state index is 12.2. The fraction of sp³-hybridized carbons (Fsp3) is 0.333. The number of anilines is 1. The molecule has 2 N–H and O–H groups in total. The molecule has 116 valence electrons. The molecule has 0 aromatic heterocycles. The van der Waals surface area contributed by atoms with E-state index in [1.165, 1.54) is 12.2 Å². The zero-order valence-electron chi connectivity index (χ0n) is 13.2. The molecule has 0 fully saturated rings. The predicted molar refractivity (Wildman–Crippen MR) is 88.3 cm³/mol. The van der Waals surface area contributed by atoms with Gasteiger partial charge >= 0.3 is 0 Å². The minimum atomic E-state index is -0.192. The van der Waals surface area contributed by atoms with Crippen LogP contribution in [-0.4, -0.2) is 17.6 Å². The molecule has 1 unspecified atom stereocenters. The summed E-state index contributed by atoms with van der Waals surface area (Å²) in [5.41, 5.74) is 1.46. The van der Waals surface area contributed by atoms with Crippen LogP contribution >= 0.6 is 0 Å². The number of hydrogen-bond donors (Lipinski definition) is 2. The fourth-order valence-electron chi connectivity index (χ4n) is 2.48. The molecular weight excluding hydrogens is 282 g/mol. The minimum Gasteiger partial charge on any atom is -0.379 e. The summed E-state index contributed by atoms with van der Waals surface area (Å²) in [6.45, 7) is 6.27. The molecule has 0 aliphatic heterocycles. The molecule has 4 nitrogen and oxygen atoms in total. The van der Waals surface area contributed by atoms with Crippen LogP contribution in [0.25, 0.3) is 0 Å². The molecule has 0 spiro atoms. The van der Waals surface area contributed by atoms with Gasteiger partial charge in [-0.05, 0) is 31.4 Å². The van der Waals surface area contributed by atoms with E-state index in [0.717, 1.165) is 12.1 Å². The summed E-state index contributed by atoms with van der Waals surface area (Å²) in [6, 6.07) is 9.48. The number of hydrogen-bond acceptors (Lipinski definition) is 4. The first-order chi connectivity index (χ1) is 10.5. The Bertz CT molecular complexity index is 615. The van der Waals surface area contributed by atoms with Crippen molar-refractivity contribution in [1.82, 2.24) is 5.32 Å². The van der Waals surface area contributed by atoms with Crippen LogP contribution in [0, 0.1) is 5.92 Å². The minimum absolute atomic E-state index is 0.153. The molecule has 1 aromatic carbocycles. The van der Waals surface area contributed by atoms with Crippen LogP contribution in [-0.2, 0) is 9.59 Å². The predicted octanol–water partition coefficient (Wildman–Crippen LogP) is 3.04. The first kappa shape index (κ1) is 16.0. The maximum atomic E-state index is 12.2. The van der Waals surface area contributed by atoms with E-state index in [1.807, 2.05) is 37.3 Å². The topological polar surface area (TPSA) is 58.2 Å². The number of rotatable bonds is 6. The van der Waals surface area contributed by atoms with Crippen molar-refractivity contribution < 1.29 is 9.59 Å². The van der Waals surface area contributed by atoms with Crippen LogP contribution in [0.3, 0.4) is 0 Å². The average molecular weight is 304 g/mol. The fourth-order valence-corrected chi connectivity index (χ4v) is 2.48. The van der Waals surface area contributed by atoms with Crippen LogP contribution in [0.4, 0.5) is 5.69 Å². The largest absolute Gasteiger partial charge is 0.379 e. The van der Waals surface area contributed by atoms with Crippen LogP contribution in [0.5, 0.6) is 0 Å². The van der Waals surface area contributed by atoms with Gasteiger partial charge in [-0.25, -0.2) is 0 Å². The van der Waals surface area contributed by atoms with Gasteiger partial charge in [0, 0.05) is 23.9 Å². The molecule has 1 aromatic rings. The first-order valence-corrected chi connectivity index (χ1v) is 7.56. The van der Waals surface area contributed by atoms with E-state index in [9.17, 15) is 9.59 Å². The van der Waals surface area contributed by atoms with Gasteiger partial charge in [-0.15, -0.1) is 0 Å². The van der Waals surface area contributed by atoms with Gasteiger partial charge < -0.3 is 10.6 Å². The summed E-state index contributed by atoms with van der Waals surface area (Å²) in [4.78, 5) is 24.3. The number of allylic oxidation sites excluding steroid dienone is 2. The lowest BCUT2D eigenvalue weighted by Gasteiger charge is -2.20. The molecule has 1 aliphatic carbocycles. The van der Waals surface area contributed by atoms with Gasteiger partial charge in [-0.2, -0.15) is 0 Å². The van der Waals surface area contributed by atoms with Crippen molar-refractivity contribution in [2.75, 3.05) is 5.32 Å². The lowest BCUT2D eigenvalue weighted by Crippen LogP contribution is -2.33. The summed E-state index contributed by atoms with van der Waals surface area (Å²) in [7, 11) is 0. The van der Waals surface area contributed by atoms with Gasteiger partial charge in [-0.1, -0.05) is 32.0 Å². The quantitative estimate of drug-likeness (QED) is 0.793. The molecule has 0 bridgehead atoms. The van der Waals surface area contributed by atoms with Crippen molar-refractivity contribution in [1.29, 1.82) is 0 Å². The summed E-state index contributed by atoms with van der Waals surface area (Å²) in [5.74, 6) is 0.166. The van der Waals surface area contributed by atoms with Crippen molar-refractivity contribution in [3.05, 3.63) is 53.9 Å². The van der Waals surface area contributed by atoms with Crippen LogP contribution in [0.2, 0.25) is 0 Å². The van der Waals surface area contributed by atoms with Crippen molar-refractivity contribution in [2.24, 2.45) is 5.92 Å². The lowest BCUT2D eigenvalue weighted by atomic mass is 10.0. The van der Waals surface area contributed by atoms with E-state index < -0.39 is 0 Å². The second kappa shape index (κ2) is 7.07. The second-order valence-corrected chi connectivity index (χ2v) is 6.01. The van der Waals surface area contributed by atoms with E-state index >= 15 is 0 Å². The van der Waals surface area contributed by atoms with Crippen LogP contribution in [0.1, 0.15) is 27.2 Å². The lowest BCUT2D eigenvalue weighted by molar-refractivity contribution is -0.115. The third kappa shape index (κ3) is 4.32. The molecule has 22 heavy (non-hydrogen) atoms. The standard InChI is InChI=1S/C18H22N2O2/c1-12(2)9-13(3)19-15-10-18(22)16(11-17(15)21)20-14-7-5-4-6-8-14/h4-8,10-13,19-20H,9H2,1-3H3/i4+1,5+1,6+1,7+1,8+1,14+1. The Balaban J connectivity index is 2.04. The van der Waals surface area contributed by atoms with Crippen molar-refractivity contribution in [3.8, 4) is 0 Å². The number of benzene rings is 1. The molecule has 0 saturated carbocycles. The summed E-state index contributed by atoms with van der Waals surface area (Å²) in [5, 5.41) is 6.12. The molecule has 0 heterocycles. The molecule has 1 aliphatic rings. The summed E-state index contributed by atoms with van der Waals surface area (Å²) in [6.07, 6.45) is 3.68. The third-order valence-electron chi connectivity index (χ3n) is 3.36. The smallest absolute Gasteiger partial charge is 0.204 e. The molecule has 0 amide bonds. The van der Waals surface area contributed by atoms with E-state index in [0.29, 0.717) is 17.3 Å². The molecular formula is C18H22N2O2. The first-order valence-electron chi connectivity index (χ1n) is 7.56. The monoisotopic (exact) mass is 304 g/mol. The van der Waals surface area contributed by atoms with E-state index in [4.69, 9.17) is 0 Å². The zero-order valence-corrected chi connectivity index (χ0v) is 13.2. The average Bonchev–Trinajstić information content (AvgIpc) is 2.44. The van der Waals surface area contributed by atoms with Gasteiger partial charge in [0.05, 0.1) is 11.4 Å². The van der Waals surface area contributed by atoms with Gasteiger partial charge in [0.2, 0.25) is 11.6 Å². The second-order valence-electron chi connectivity index (χ2n) is 6.01. The van der Waals surface area contributed by atoms with E-state index in [2.05, 4.69) is 24.5 Å². The van der Waals surface area contributed by atoms with Crippen molar-refractivity contribution in [3.63, 3.8) is 0 Å². The third-order valence-corrected chi connectivity index (χ3v) is 3.36. The Morgan fingerprint density at radius 2 is 1.50 bits per heavy atom. The van der Waals surface area contributed by atoms with Crippen molar-refractivity contribution >= 4 is 17.3 Å². The highest BCUT2D eigenvalue weighted by atomic mass is 16.1. The van der Waals surface area contributed by atoms with Crippen LogP contribution < -0.4 is 10.6 Å². The molecule has 1 atom stereocenters. The maximum Gasteiger partial charge on any atom is 0.204 e. The molecule has 4 heteroatoms. The number of carbonyl (C=O) groups is 2. The van der Waals surface area contributed by atoms with Gasteiger partial charge in [0.1, 0.15) is 0 Å². The van der Waals surface area contributed by atoms with Gasteiger partial charge in [0.15, 0.2) is 0 Å². The SMILES string of the molecule is CC(C)CC(C)NC1=CC(=O)C(N[13c]2[13cH][13cH][13cH][13cH][13cH]2)=CC1=O. The number of para-hydroxylation sites is 1. The highest BCUT2D eigenvalue weighted by Crippen LogP contribution is 2.16. The Kier molecular flexibility index (Phi) is 5.15. The molecule has 2 rings (SSSR count). The van der Waals surface area contributed by atoms with E-state index in [-0.39, 0.29) is 17.6 Å². The van der Waals surface area contributed by atoms with Gasteiger partial charge in [-0.3, -0.25) is 9.59 Å². The highest BCUT2D eigenvalue weighted by Gasteiger charge is 2.21. The van der Waals surface area contributed by atoms with E-state index in [1.54, 1.807) is 0 Å². The Labute approximate surface area is 131 Å². The number of ketones is 2. The number of nitrogens with one attached hydrogen (secondary N) is 2. The van der Waals surface area contributed by atoms with Crippen molar-refractivity contribution in [2.45, 2.75) is 33.2 Å². The Morgan fingerprint density at radius 3 is 2.14 bits per heavy atom. The highest BCUT2D eigenvalue weighted by molar-refractivity contribution is 6.20. The summed E-state index contributed by atoms with van der Waals surface area (Å²) < 4.78 is 0. The normalized spacial score (nSPS) is 16.2. The Hall–Kier alpha value is -2.36. The summed E-state index contributed by atoms with van der Waals surface area (Å²) >= 11 is 0. The number of carbonyl (C=O) groups excluding carboxylic acids is 2. The Morgan fingerprint density at radius 1 is 0.909 bits per heavy atom. The molecule has 0 saturated heterocycles. The van der Waals surface area contributed by atoms with Crippen LogP contribution in [0.15, 0.2) is 53.9 Å². The zero-order chi connectivity index (χ0) is 16.1. The molecule has 0 radical (unpaired) electrons.